The summed E-state index contributed by atoms with van der Waals surface area (Å²) >= 11 is 0. The normalized spacial score (nSPS) is 10.3. The topological polar surface area (TPSA) is 59.4 Å². The molecule has 0 atom stereocenters. The number of pyridine rings is 1. The van der Waals surface area contributed by atoms with Gasteiger partial charge in [0.2, 0.25) is 0 Å². The number of ether oxygens (including phenoxy) is 1. The molecule has 2 rings (SSSR count). The number of esters is 1. The van der Waals surface area contributed by atoms with Crippen molar-refractivity contribution in [2.75, 3.05) is 7.11 Å². The fraction of sp³-hybridized carbons (Fsp3) is 0.200. The zero-order valence-electron chi connectivity index (χ0n) is 11.1. The van der Waals surface area contributed by atoms with Crippen molar-refractivity contribution in [1.29, 1.82) is 0 Å². The van der Waals surface area contributed by atoms with E-state index in [1.807, 2.05) is 19.1 Å². The number of carbonyl (C=O) groups is 1. The molecule has 0 aliphatic rings. The molecule has 0 unspecified atom stereocenters. The molecule has 4 nitrogen and oxygen atoms in total. The first-order valence-electron chi connectivity index (χ1n) is 5.88. The van der Waals surface area contributed by atoms with Gasteiger partial charge >= 0.3 is 5.97 Å². The van der Waals surface area contributed by atoms with Gasteiger partial charge < -0.3 is 9.84 Å². The van der Waals surface area contributed by atoms with Crippen LogP contribution >= 0.6 is 0 Å². The van der Waals surface area contributed by atoms with Crippen LogP contribution in [-0.4, -0.2) is 23.2 Å². The number of hydrogen-bond acceptors (Lipinski definition) is 4. The van der Waals surface area contributed by atoms with Crippen molar-refractivity contribution in [3.05, 3.63) is 47.3 Å². The molecule has 1 N–H and O–H groups in total. The summed E-state index contributed by atoms with van der Waals surface area (Å²) in [6.07, 6.45) is 3.30. The third kappa shape index (κ3) is 2.29. The summed E-state index contributed by atoms with van der Waals surface area (Å²) in [5.41, 5.74) is 3.15. The minimum absolute atomic E-state index is 0.0364. The van der Waals surface area contributed by atoms with E-state index >= 15 is 0 Å². The first-order valence-corrected chi connectivity index (χ1v) is 5.88. The molecule has 0 radical (unpaired) electrons. The summed E-state index contributed by atoms with van der Waals surface area (Å²) in [6.45, 7) is 3.65. The van der Waals surface area contributed by atoms with Crippen LogP contribution in [0.5, 0.6) is 5.75 Å². The zero-order chi connectivity index (χ0) is 14.0. The van der Waals surface area contributed by atoms with Crippen molar-refractivity contribution >= 4 is 5.97 Å². The molecule has 4 heteroatoms. The van der Waals surface area contributed by atoms with Gasteiger partial charge in [0.1, 0.15) is 11.3 Å². The molecule has 0 bridgehead atoms. The van der Waals surface area contributed by atoms with E-state index in [-0.39, 0.29) is 11.3 Å². The van der Waals surface area contributed by atoms with Gasteiger partial charge in [0.05, 0.1) is 7.11 Å². The molecule has 0 fully saturated rings. The van der Waals surface area contributed by atoms with Crippen LogP contribution in [0.4, 0.5) is 0 Å². The second kappa shape index (κ2) is 5.10. The fourth-order valence-electron chi connectivity index (χ4n) is 1.96. The molecular formula is C15H15NO3. The van der Waals surface area contributed by atoms with Crippen LogP contribution in [0.2, 0.25) is 0 Å². The lowest BCUT2D eigenvalue weighted by molar-refractivity contribution is 0.0598. The fourth-order valence-corrected chi connectivity index (χ4v) is 1.96. The highest BCUT2D eigenvalue weighted by Crippen LogP contribution is 2.35. The molecule has 0 spiro atoms. The summed E-state index contributed by atoms with van der Waals surface area (Å²) in [6, 6.07) is 5.48. The van der Waals surface area contributed by atoms with Crippen molar-refractivity contribution in [3.63, 3.8) is 0 Å². The average Bonchev–Trinajstić information content (AvgIpc) is 2.44. The minimum atomic E-state index is -0.556. The Balaban J connectivity index is 2.76. The number of phenolic OH excluding ortho intramolecular Hbond substituents is 1. The van der Waals surface area contributed by atoms with E-state index in [2.05, 4.69) is 4.98 Å². The number of aromatic nitrogens is 1. The van der Waals surface area contributed by atoms with Crippen molar-refractivity contribution in [2.45, 2.75) is 13.8 Å². The van der Waals surface area contributed by atoms with E-state index in [9.17, 15) is 9.90 Å². The maximum atomic E-state index is 11.9. The number of phenols is 1. The predicted octanol–water partition coefficient (Wildman–Crippen LogP) is 2.86. The number of methoxy groups -OCH3 is 1. The van der Waals surface area contributed by atoms with Gasteiger partial charge in [0, 0.05) is 23.5 Å². The Morgan fingerprint density at radius 2 is 2.11 bits per heavy atom. The van der Waals surface area contributed by atoms with Gasteiger partial charge in [-0.25, -0.2) is 4.79 Å². The smallest absolute Gasteiger partial charge is 0.342 e. The molecule has 2 aromatic rings. The van der Waals surface area contributed by atoms with Crippen LogP contribution in [0.25, 0.3) is 11.1 Å². The first-order chi connectivity index (χ1) is 9.06. The van der Waals surface area contributed by atoms with E-state index in [4.69, 9.17) is 4.74 Å². The van der Waals surface area contributed by atoms with Crippen LogP contribution in [0.3, 0.4) is 0 Å². The Hall–Kier alpha value is -2.36. The van der Waals surface area contributed by atoms with Crippen molar-refractivity contribution in [3.8, 4) is 16.9 Å². The summed E-state index contributed by atoms with van der Waals surface area (Å²) in [7, 11) is 1.30. The molecule has 1 heterocycles. The third-order valence-electron chi connectivity index (χ3n) is 3.18. The number of hydrogen-bond donors (Lipinski definition) is 1. The number of rotatable bonds is 2. The number of aryl methyl sites for hydroxylation is 1. The van der Waals surface area contributed by atoms with E-state index in [1.165, 1.54) is 7.11 Å². The van der Waals surface area contributed by atoms with Crippen LogP contribution < -0.4 is 0 Å². The maximum Gasteiger partial charge on any atom is 0.342 e. The summed E-state index contributed by atoms with van der Waals surface area (Å²) in [4.78, 5) is 15.9. The second-order valence-corrected chi connectivity index (χ2v) is 4.32. The number of benzene rings is 1. The van der Waals surface area contributed by atoms with E-state index in [0.29, 0.717) is 11.1 Å². The number of carbonyl (C=O) groups excluding carboxylic acids is 1. The highest BCUT2D eigenvalue weighted by molar-refractivity contribution is 6.00. The largest absolute Gasteiger partial charge is 0.507 e. The van der Waals surface area contributed by atoms with Crippen LogP contribution in [0.1, 0.15) is 21.5 Å². The quantitative estimate of drug-likeness (QED) is 0.840. The lowest BCUT2D eigenvalue weighted by atomic mass is 9.94. The Morgan fingerprint density at radius 3 is 2.68 bits per heavy atom. The first kappa shape index (κ1) is 13.1. The summed E-state index contributed by atoms with van der Waals surface area (Å²) in [5.74, 6) is -0.592. The average molecular weight is 257 g/mol. The van der Waals surface area contributed by atoms with Gasteiger partial charge in [-0.3, -0.25) is 4.98 Å². The summed E-state index contributed by atoms with van der Waals surface area (Å²) in [5, 5.41) is 10.2. The lowest BCUT2D eigenvalue weighted by Gasteiger charge is -2.14. The molecule has 0 aliphatic heterocycles. The molecule has 0 saturated heterocycles. The lowest BCUT2D eigenvalue weighted by Crippen LogP contribution is -2.06. The standard InChI is InChI=1S/C15H15NO3/c1-9-7-12(11-5-4-6-16-8-11)13(15(18)19-3)14(17)10(9)2/h4-8,17H,1-3H3. The monoisotopic (exact) mass is 257 g/mol. The molecule has 1 aromatic heterocycles. The third-order valence-corrected chi connectivity index (χ3v) is 3.18. The SMILES string of the molecule is COC(=O)c1c(-c2cccnc2)cc(C)c(C)c1O. The van der Waals surface area contributed by atoms with Crippen LogP contribution in [0.15, 0.2) is 30.6 Å². The Bertz CT molecular complexity index is 621. The second-order valence-electron chi connectivity index (χ2n) is 4.32. The summed E-state index contributed by atoms with van der Waals surface area (Å²) < 4.78 is 4.75. The van der Waals surface area contributed by atoms with E-state index in [0.717, 1.165) is 11.1 Å². The molecule has 19 heavy (non-hydrogen) atoms. The van der Waals surface area contributed by atoms with Crippen molar-refractivity contribution in [2.24, 2.45) is 0 Å². The molecule has 0 saturated carbocycles. The van der Waals surface area contributed by atoms with Crippen molar-refractivity contribution in [1.82, 2.24) is 4.98 Å². The highest BCUT2D eigenvalue weighted by atomic mass is 16.5. The van der Waals surface area contributed by atoms with Gasteiger partial charge in [0.25, 0.3) is 0 Å². The zero-order valence-corrected chi connectivity index (χ0v) is 11.1. The van der Waals surface area contributed by atoms with Crippen LogP contribution in [-0.2, 0) is 4.74 Å². The van der Waals surface area contributed by atoms with Crippen LogP contribution in [0, 0.1) is 13.8 Å². The maximum absolute atomic E-state index is 11.9. The molecular weight excluding hydrogens is 242 g/mol. The van der Waals surface area contributed by atoms with Gasteiger partial charge in [-0.1, -0.05) is 6.07 Å². The van der Waals surface area contributed by atoms with Gasteiger partial charge in [-0.2, -0.15) is 0 Å². The number of aromatic hydroxyl groups is 1. The predicted molar refractivity (Wildman–Crippen MR) is 72.2 cm³/mol. The number of nitrogens with zero attached hydrogens (tertiary/aromatic N) is 1. The molecule has 98 valence electrons. The van der Waals surface area contributed by atoms with E-state index < -0.39 is 5.97 Å². The Kier molecular flexibility index (Phi) is 3.51. The van der Waals surface area contributed by atoms with Gasteiger partial charge in [0.15, 0.2) is 0 Å². The van der Waals surface area contributed by atoms with Crippen molar-refractivity contribution < 1.29 is 14.6 Å². The molecule has 0 amide bonds. The minimum Gasteiger partial charge on any atom is -0.507 e. The Morgan fingerprint density at radius 1 is 1.37 bits per heavy atom. The molecule has 1 aromatic carbocycles. The Labute approximate surface area is 111 Å². The van der Waals surface area contributed by atoms with Gasteiger partial charge in [-0.15, -0.1) is 0 Å². The highest BCUT2D eigenvalue weighted by Gasteiger charge is 2.21. The van der Waals surface area contributed by atoms with E-state index in [1.54, 1.807) is 25.4 Å². The van der Waals surface area contributed by atoms with Gasteiger partial charge in [-0.05, 0) is 37.1 Å². The molecule has 0 aliphatic carbocycles.